The minimum atomic E-state index is -4.92. The SMILES string of the molecule is O=C(C[C@@]1(S)O[C@H](CO)[C@@H](O)[C@H](O)[C@H]1O)NOS(=O)(=O)O. The molecule has 6 N–H and O–H groups in total. The average molecular weight is 349 g/mol. The highest BCUT2D eigenvalue weighted by atomic mass is 32.3. The summed E-state index contributed by atoms with van der Waals surface area (Å²) in [6.07, 6.45) is -7.33. The molecule has 1 saturated heterocycles. The van der Waals surface area contributed by atoms with Crippen LogP contribution in [0, 0.1) is 0 Å². The van der Waals surface area contributed by atoms with Crippen molar-refractivity contribution in [1.29, 1.82) is 0 Å². The fourth-order valence-corrected chi connectivity index (χ4v) is 2.36. The molecule has 0 spiro atoms. The zero-order valence-corrected chi connectivity index (χ0v) is 12.1. The Kier molecular flexibility index (Phi) is 5.93. The number of hydrogen-bond donors (Lipinski definition) is 7. The molecule has 1 fully saturated rings. The summed E-state index contributed by atoms with van der Waals surface area (Å²) in [7, 11) is -4.92. The Morgan fingerprint density at radius 3 is 2.38 bits per heavy atom. The van der Waals surface area contributed by atoms with Crippen LogP contribution in [0.25, 0.3) is 0 Å². The van der Waals surface area contributed by atoms with Crippen molar-refractivity contribution in [3.63, 3.8) is 0 Å². The first-order chi connectivity index (χ1) is 9.50. The Hall–Kier alpha value is -0.510. The second kappa shape index (κ2) is 6.72. The normalized spacial score (nSPS) is 37.2. The molecule has 1 amide bonds. The van der Waals surface area contributed by atoms with E-state index in [2.05, 4.69) is 16.9 Å². The van der Waals surface area contributed by atoms with Crippen molar-refractivity contribution in [3.8, 4) is 0 Å². The highest BCUT2D eigenvalue weighted by Gasteiger charge is 2.52. The van der Waals surface area contributed by atoms with E-state index in [1.807, 2.05) is 0 Å². The highest BCUT2D eigenvalue weighted by Crippen LogP contribution is 2.35. The first-order valence-electron chi connectivity index (χ1n) is 5.50. The molecule has 0 radical (unpaired) electrons. The van der Waals surface area contributed by atoms with Gasteiger partial charge in [0.1, 0.15) is 29.3 Å². The third-order valence-corrected chi connectivity index (χ3v) is 3.55. The molecule has 0 aromatic heterocycles. The summed E-state index contributed by atoms with van der Waals surface area (Å²) in [4.78, 5) is 9.40. The van der Waals surface area contributed by atoms with E-state index in [1.165, 1.54) is 5.48 Å². The van der Waals surface area contributed by atoms with Crippen LogP contribution in [0.5, 0.6) is 0 Å². The maximum Gasteiger partial charge on any atom is 0.418 e. The van der Waals surface area contributed by atoms with E-state index in [1.54, 1.807) is 0 Å². The van der Waals surface area contributed by atoms with E-state index >= 15 is 0 Å². The molecule has 13 heteroatoms. The van der Waals surface area contributed by atoms with E-state index in [-0.39, 0.29) is 0 Å². The lowest BCUT2D eigenvalue weighted by Crippen LogP contribution is -2.63. The van der Waals surface area contributed by atoms with E-state index in [4.69, 9.17) is 14.4 Å². The average Bonchev–Trinajstić information content (AvgIpc) is 2.38. The topological polar surface area (TPSA) is 183 Å². The quantitative estimate of drug-likeness (QED) is 0.148. The first-order valence-corrected chi connectivity index (χ1v) is 7.31. The summed E-state index contributed by atoms with van der Waals surface area (Å²) in [5.74, 6) is -1.16. The minimum Gasteiger partial charge on any atom is -0.394 e. The number of amides is 1. The van der Waals surface area contributed by atoms with Gasteiger partial charge >= 0.3 is 10.4 Å². The van der Waals surface area contributed by atoms with E-state index < -0.39 is 58.7 Å². The fourth-order valence-electron chi connectivity index (χ4n) is 1.73. The van der Waals surface area contributed by atoms with Crippen LogP contribution in [0.3, 0.4) is 0 Å². The third-order valence-electron chi connectivity index (χ3n) is 2.73. The molecule has 0 bridgehead atoms. The number of aliphatic hydroxyl groups is 4. The van der Waals surface area contributed by atoms with Gasteiger partial charge in [-0.3, -0.25) is 9.35 Å². The Balaban J connectivity index is 2.76. The van der Waals surface area contributed by atoms with Crippen LogP contribution in [0.1, 0.15) is 6.42 Å². The van der Waals surface area contributed by atoms with Gasteiger partial charge in [0.15, 0.2) is 0 Å². The molecular formula is C8H15NO10S2. The molecule has 1 heterocycles. The van der Waals surface area contributed by atoms with Gasteiger partial charge in [-0.15, -0.1) is 16.9 Å². The summed E-state index contributed by atoms with van der Waals surface area (Å²) >= 11 is 3.88. The number of ether oxygens (including phenoxy) is 1. The van der Waals surface area contributed by atoms with Gasteiger partial charge < -0.3 is 25.2 Å². The van der Waals surface area contributed by atoms with Crippen molar-refractivity contribution >= 4 is 28.9 Å². The lowest BCUT2D eigenvalue weighted by molar-refractivity contribution is -0.242. The summed E-state index contributed by atoms with van der Waals surface area (Å²) in [6, 6.07) is 0. The van der Waals surface area contributed by atoms with Crippen molar-refractivity contribution in [2.75, 3.05) is 6.61 Å². The molecule has 0 saturated carbocycles. The molecule has 124 valence electrons. The monoisotopic (exact) mass is 349 g/mol. The number of thiol groups is 1. The second-order valence-corrected chi connectivity index (χ2v) is 6.10. The summed E-state index contributed by atoms with van der Waals surface area (Å²) in [5, 5.41) is 37.9. The fraction of sp³-hybridized carbons (Fsp3) is 0.875. The van der Waals surface area contributed by atoms with Gasteiger partial charge in [0, 0.05) is 0 Å². The van der Waals surface area contributed by atoms with Gasteiger partial charge in [-0.05, 0) is 0 Å². The van der Waals surface area contributed by atoms with Crippen LogP contribution in [-0.2, 0) is 24.2 Å². The number of rotatable bonds is 5. The summed E-state index contributed by atoms with van der Waals surface area (Å²) in [6.45, 7) is -0.726. The van der Waals surface area contributed by atoms with Gasteiger partial charge in [-0.25, -0.2) is 5.48 Å². The molecule has 1 aliphatic heterocycles. The van der Waals surface area contributed by atoms with Gasteiger partial charge in [0.05, 0.1) is 13.0 Å². The predicted octanol–water partition coefficient (Wildman–Crippen LogP) is -3.67. The summed E-state index contributed by atoms with van der Waals surface area (Å²) in [5.41, 5.74) is 1.35. The molecule has 1 rings (SSSR count). The number of carbonyl (C=O) groups is 1. The van der Waals surface area contributed by atoms with Gasteiger partial charge in [0.25, 0.3) is 0 Å². The highest BCUT2D eigenvalue weighted by molar-refractivity contribution is 7.81. The molecule has 0 aromatic carbocycles. The van der Waals surface area contributed by atoms with Crippen LogP contribution in [0.15, 0.2) is 0 Å². The Morgan fingerprint density at radius 2 is 1.90 bits per heavy atom. The van der Waals surface area contributed by atoms with Crippen molar-refractivity contribution in [1.82, 2.24) is 5.48 Å². The standard InChI is InChI=1S/C8H15NO10S2/c10-2-3-5(12)6(13)7(14)8(20,18-3)1-4(11)9-19-21(15,16)17/h3,5-7,10,12-14,20H,1-2H2,(H,9,11)(H,15,16,17)/t3-,5-,6+,7-,8+/m1/s1. The molecule has 0 aromatic rings. The first kappa shape index (κ1) is 18.5. The van der Waals surface area contributed by atoms with Gasteiger partial charge in [0.2, 0.25) is 5.91 Å². The van der Waals surface area contributed by atoms with Crippen molar-refractivity contribution in [2.24, 2.45) is 0 Å². The van der Waals surface area contributed by atoms with Crippen molar-refractivity contribution in [2.45, 2.75) is 35.8 Å². The van der Waals surface area contributed by atoms with Crippen molar-refractivity contribution in [3.05, 3.63) is 0 Å². The lowest BCUT2D eigenvalue weighted by atomic mass is 9.93. The van der Waals surface area contributed by atoms with Crippen LogP contribution < -0.4 is 5.48 Å². The van der Waals surface area contributed by atoms with Crippen LogP contribution in [0.4, 0.5) is 0 Å². The molecule has 0 aliphatic carbocycles. The van der Waals surface area contributed by atoms with Gasteiger partial charge in [-0.2, -0.15) is 8.42 Å². The minimum absolute atomic E-state index is 0.726. The maximum atomic E-state index is 11.4. The maximum absolute atomic E-state index is 11.4. The zero-order valence-electron chi connectivity index (χ0n) is 10.4. The van der Waals surface area contributed by atoms with E-state index in [0.29, 0.717) is 0 Å². The molecule has 21 heavy (non-hydrogen) atoms. The molecule has 11 nitrogen and oxygen atoms in total. The number of hydrogen-bond acceptors (Lipinski definition) is 10. The Morgan fingerprint density at radius 1 is 1.33 bits per heavy atom. The zero-order chi connectivity index (χ0) is 16.4. The Labute approximate surface area is 124 Å². The van der Waals surface area contributed by atoms with Crippen LogP contribution in [-0.4, -0.2) is 75.3 Å². The predicted molar refractivity (Wildman–Crippen MR) is 67.1 cm³/mol. The van der Waals surface area contributed by atoms with E-state index in [9.17, 15) is 28.5 Å². The number of nitrogens with one attached hydrogen (secondary N) is 1. The largest absolute Gasteiger partial charge is 0.418 e. The van der Waals surface area contributed by atoms with Crippen molar-refractivity contribution < 1.29 is 47.2 Å². The Bertz CT molecular complexity index is 481. The van der Waals surface area contributed by atoms with E-state index in [0.717, 1.165) is 0 Å². The van der Waals surface area contributed by atoms with Crippen LogP contribution >= 0.6 is 12.6 Å². The number of aliphatic hydroxyl groups excluding tert-OH is 4. The molecule has 1 aliphatic rings. The second-order valence-electron chi connectivity index (χ2n) is 4.32. The van der Waals surface area contributed by atoms with Gasteiger partial charge in [-0.1, -0.05) is 0 Å². The lowest BCUT2D eigenvalue weighted by Gasteiger charge is -2.45. The number of hydroxylamine groups is 1. The third kappa shape index (κ3) is 4.73. The number of carbonyl (C=O) groups excluding carboxylic acids is 1. The smallest absolute Gasteiger partial charge is 0.394 e. The molecule has 5 atom stereocenters. The molecule has 0 unspecified atom stereocenters. The van der Waals surface area contributed by atoms with Crippen LogP contribution in [0.2, 0.25) is 0 Å². The molecular weight excluding hydrogens is 334 g/mol. The summed E-state index contributed by atoms with van der Waals surface area (Å²) < 4.78 is 37.5.